The zero-order chi connectivity index (χ0) is 17.3. The van der Waals surface area contributed by atoms with Crippen molar-refractivity contribution in [3.63, 3.8) is 0 Å². The molecule has 0 aromatic heterocycles. The van der Waals surface area contributed by atoms with Gasteiger partial charge in [-0.1, -0.05) is 0 Å². The number of ether oxygens (including phenoxy) is 1. The van der Waals surface area contributed by atoms with Gasteiger partial charge in [0.1, 0.15) is 44.6 Å². The summed E-state index contributed by atoms with van der Waals surface area (Å²) < 4.78 is 5.72. The van der Waals surface area contributed by atoms with E-state index < -0.39 is 6.10 Å². The summed E-state index contributed by atoms with van der Waals surface area (Å²) in [5, 5.41) is 37.9. The summed E-state index contributed by atoms with van der Waals surface area (Å²) in [5.41, 5.74) is 12.3. The van der Waals surface area contributed by atoms with E-state index in [0.717, 1.165) is 0 Å². The van der Waals surface area contributed by atoms with Gasteiger partial charge in [-0.05, 0) is 18.2 Å². The summed E-state index contributed by atoms with van der Waals surface area (Å²) in [6.07, 6.45) is -0.836. The Hall–Kier alpha value is -1.10. The van der Waals surface area contributed by atoms with Crippen LogP contribution in [0.15, 0.2) is 18.2 Å². The molecule has 0 aliphatic heterocycles. The maximum absolute atomic E-state index is 10.2. The molecular formula is C15H28BrN3O5. The number of nitrogens with zero attached hydrogens (tertiary/aromatic N) is 1. The van der Waals surface area contributed by atoms with Gasteiger partial charge in [-0.25, -0.2) is 0 Å². The SMILES string of the molecule is Nc1ccc(OCC(O)C[N+](CCO)(CCO)CCO)c(N)c1.[Br-]. The first-order valence-electron chi connectivity index (χ1n) is 7.60. The van der Waals surface area contributed by atoms with Gasteiger partial charge in [0.25, 0.3) is 0 Å². The minimum Gasteiger partial charge on any atom is -1.00 e. The number of aliphatic hydroxyl groups is 4. The van der Waals surface area contributed by atoms with E-state index in [4.69, 9.17) is 16.2 Å². The normalized spacial score (nSPS) is 12.5. The zero-order valence-electron chi connectivity index (χ0n) is 13.6. The van der Waals surface area contributed by atoms with Crippen LogP contribution in [0.4, 0.5) is 11.4 Å². The summed E-state index contributed by atoms with van der Waals surface area (Å²) in [6, 6.07) is 4.86. The maximum atomic E-state index is 10.2. The average Bonchev–Trinajstić information content (AvgIpc) is 2.47. The van der Waals surface area contributed by atoms with Gasteiger partial charge in [-0.15, -0.1) is 0 Å². The van der Waals surface area contributed by atoms with Crippen molar-refractivity contribution >= 4 is 11.4 Å². The predicted octanol–water partition coefficient (Wildman–Crippen LogP) is -4.61. The van der Waals surface area contributed by atoms with E-state index in [1.165, 1.54) is 0 Å². The maximum Gasteiger partial charge on any atom is 0.142 e. The van der Waals surface area contributed by atoms with Crippen LogP contribution in [0.5, 0.6) is 5.75 Å². The molecule has 1 atom stereocenters. The van der Waals surface area contributed by atoms with Gasteiger partial charge in [0, 0.05) is 5.69 Å². The van der Waals surface area contributed by atoms with Gasteiger partial charge in [0.15, 0.2) is 0 Å². The second-order valence-corrected chi connectivity index (χ2v) is 5.63. The Morgan fingerprint density at radius 2 is 1.54 bits per heavy atom. The van der Waals surface area contributed by atoms with Crippen LogP contribution in [0.3, 0.4) is 0 Å². The fourth-order valence-corrected chi connectivity index (χ4v) is 2.63. The topological polar surface area (TPSA) is 142 Å². The number of benzene rings is 1. The number of quaternary nitrogens is 1. The minimum atomic E-state index is -0.836. The van der Waals surface area contributed by atoms with Crippen LogP contribution in [0.2, 0.25) is 0 Å². The molecule has 0 fully saturated rings. The third-order valence-electron chi connectivity index (χ3n) is 3.79. The van der Waals surface area contributed by atoms with Crippen LogP contribution in [0, 0.1) is 0 Å². The number of anilines is 2. The second-order valence-electron chi connectivity index (χ2n) is 5.63. The monoisotopic (exact) mass is 409 g/mol. The molecule has 1 aromatic carbocycles. The molecule has 8 nitrogen and oxygen atoms in total. The fourth-order valence-electron chi connectivity index (χ4n) is 2.63. The Labute approximate surface area is 152 Å². The van der Waals surface area contributed by atoms with Crippen molar-refractivity contribution in [1.29, 1.82) is 0 Å². The molecule has 0 aliphatic rings. The van der Waals surface area contributed by atoms with Gasteiger partial charge < -0.3 is 58.1 Å². The lowest BCUT2D eigenvalue weighted by atomic mass is 10.2. The third kappa shape index (κ3) is 7.20. The van der Waals surface area contributed by atoms with Crippen LogP contribution < -0.4 is 33.2 Å². The number of aliphatic hydroxyl groups excluding tert-OH is 4. The molecule has 0 radical (unpaired) electrons. The van der Waals surface area contributed by atoms with Crippen LogP contribution in [0.25, 0.3) is 0 Å². The summed E-state index contributed by atoms with van der Waals surface area (Å²) in [7, 11) is 0. The molecular weight excluding hydrogens is 382 g/mol. The van der Waals surface area contributed by atoms with Gasteiger partial charge in [0.2, 0.25) is 0 Å². The molecule has 0 saturated carbocycles. The Balaban J connectivity index is 0.00000529. The molecule has 140 valence electrons. The lowest BCUT2D eigenvalue weighted by molar-refractivity contribution is -0.931. The third-order valence-corrected chi connectivity index (χ3v) is 3.79. The summed E-state index contributed by atoms with van der Waals surface area (Å²) >= 11 is 0. The number of nitrogen functional groups attached to an aromatic ring is 2. The van der Waals surface area contributed by atoms with E-state index >= 15 is 0 Å². The molecule has 8 N–H and O–H groups in total. The first kappa shape index (κ1) is 22.9. The van der Waals surface area contributed by atoms with Crippen molar-refractivity contribution in [2.45, 2.75) is 6.10 Å². The van der Waals surface area contributed by atoms with E-state index in [0.29, 0.717) is 36.8 Å². The quantitative estimate of drug-likeness (QED) is 0.159. The summed E-state index contributed by atoms with van der Waals surface area (Å²) in [5.74, 6) is 0.433. The van der Waals surface area contributed by atoms with Crippen LogP contribution in [-0.2, 0) is 0 Å². The van der Waals surface area contributed by atoms with Crippen LogP contribution in [0.1, 0.15) is 0 Å². The Bertz CT molecular complexity index is 461. The van der Waals surface area contributed by atoms with Crippen molar-refractivity contribution < 1.29 is 46.6 Å². The van der Waals surface area contributed by atoms with Crippen molar-refractivity contribution in [3.05, 3.63) is 18.2 Å². The first-order valence-corrected chi connectivity index (χ1v) is 7.60. The molecule has 1 unspecified atom stereocenters. The van der Waals surface area contributed by atoms with E-state index in [1.54, 1.807) is 18.2 Å². The van der Waals surface area contributed by atoms with Crippen molar-refractivity contribution in [2.24, 2.45) is 0 Å². The molecule has 0 heterocycles. The molecule has 0 spiro atoms. The summed E-state index contributed by atoms with van der Waals surface area (Å²) in [4.78, 5) is 0. The number of halogens is 1. The average molecular weight is 410 g/mol. The largest absolute Gasteiger partial charge is 1.00 e. The van der Waals surface area contributed by atoms with E-state index in [2.05, 4.69) is 0 Å². The summed E-state index contributed by atoms with van der Waals surface area (Å²) in [6.45, 7) is 0.967. The fraction of sp³-hybridized carbons (Fsp3) is 0.600. The molecule has 1 rings (SSSR count). The number of hydrogen-bond acceptors (Lipinski definition) is 7. The Morgan fingerprint density at radius 1 is 1.00 bits per heavy atom. The highest BCUT2D eigenvalue weighted by Gasteiger charge is 2.29. The number of nitrogens with two attached hydrogens (primary N) is 2. The lowest BCUT2D eigenvalue weighted by Crippen LogP contribution is -3.00. The molecule has 0 bridgehead atoms. The molecule has 1 aromatic rings. The zero-order valence-corrected chi connectivity index (χ0v) is 15.2. The Kier molecular flexibility index (Phi) is 10.9. The van der Waals surface area contributed by atoms with Crippen molar-refractivity contribution in [2.75, 3.05) is 64.1 Å². The van der Waals surface area contributed by atoms with Gasteiger partial charge in [-0.2, -0.15) is 0 Å². The predicted molar refractivity (Wildman–Crippen MR) is 87.8 cm³/mol. The van der Waals surface area contributed by atoms with Crippen LogP contribution >= 0.6 is 0 Å². The van der Waals surface area contributed by atoms with Gasteiger partial charge in [-0.3, -0.25) is 0 Å². The highest BCUT2D eigenvalue weighted by atomic mass is 79.9. The highest BCUT2D eigenvalue weighted by molar-refractivity contribution is 5.60. The van der Waals surface area contributed by atoms with E-state index in [9.17, 15) is 20.4 Å². The van der Waals surface area contributed by atoms with E-state index in [-0.39, 0.29) is 54.4 Å². The van der Waals surface area contributed by atoms with E-state index in [1.807, 2.05) is 0 Å². The van der Waals surface area contributed by atoms with Crippen molar-refractivity contribution in [1.82, 2.24) is 0 Å². The number of rotatable bonds is 11. The molecule has 0 aliphatic carbocycles. The minimum absolute atomic E-state index is 0. The first-order chi connectivity index (χ1) is 11.0. The molecule has 24 heavy (non-hydrogen) atoms. The van der Waals surface area contributed by atoms with Gasteiger partial charge in [0.05, 0.1) is 25.5 Å². The number of hydrogen-bond donors (Lipinski definition) is 6. The molecule has 0 amide bonds. The lowest BCUT2D eigenvalue weighted by Gasteiger charge is -2.38. The van der Waals surface area contributed by atoms with Crippen LogP contribution in [-0.4, -0.2) is 83.6 Å². The van der Waals surface area contributed by atoms with Crippen molar-refractivity contribution in [3.8, 4) is 5.75 Å². The highest BCUT2D eigenvalue weighted by Crippen LogP contribution is 2.23. The molecule has 9 heteroatoms. The van der Waals surface area contributed by atoms with Gasteiger partial charge >= 0.3 is 0 Å². The molecule has 0 saturated heterocycles. The smallest absolute Gasteiger partial charge is 0.142 e. The Morgan fingerprint density at radius 3 is 2.00 bits per heavy atom. The second kappa shape index (κ2) is 11.5. The standard InChI is InChI=1S/C15H28N3O5.BrH/c16-12-1-2-15(14(17)9-12)23-11-13(22)10-18(3-6-19,4-7-20)5-8-21;/h1-2,9,13,19-22H,3-8,10-11,16-17H2;1H/q+1;/p-1.